The highest BCUT2D eigenvalue weighted by molar-refractivity contribution is 6.31. The molecule has 7 nitrogen and oxygen atoms in total. The summed E-state index contributed by atoms with van der Waals surface area (Å²) >= 11 is 6.22. The second kappa shape index (κ2) is 8.63. The molecule has 2 aromatic rings. The molecule has 3 aliphatic rings. The van der Waals surface area contributed by atoms with Crippen LogP contribution in [0.25, 0.3) is 0 Å². The number of carbonyl (C=O) groups is 1. The minimum absolute atomic E-state index is 0.0498. The number of halogens is 1. The van der Waals surface area contributed by atoms with Crippen LogP contribution in [0.2, 0.25) is 5.02 Å². The van der Waals surface area contributed by atoms with E-state index < -0.39 is 0 Å². The van der Waals surface area contributed by atoms with E-state index in [4.69, 9.17) is 21.6 Å². The van der Waals surface area contributed by atoms with E-state index in [2.05, 4.69) is 20.1 Å². The first-order valence-corrected chi connectivity index (χ1v) is 11.7. The highest BCUT2D eigenvalue weighted by Crippen LogP contribution is 2.36. The Labute approximate surface area is 187 Å². The number of piperidine rings is 1. The Morgan fingerprint density at radius 2 is 2.13 bits per heavy atom. The Morgan fingerprint density at radius 1 is 1.23 bits per heavy atom. The molecule has 0 spiro atoms. The predicted molar refractivity (Wildman–Crippen MR) is 124 cm³/mol. The van der Waals surface area contributed by atoms with E-state index in [-0.39, 0.29) is 18.0 Å². The lowest BCUT2D eigenvalue weighted by molar-refractivity contribution is -0.121. The van der Waals surface area contributed by atoms with Crippen LogP contribution in [-0.4, -0.2) is 39.8 Å². The zero-order chi connectivity index (χ0) is 21.4. The quantitative estimate of drug-likeness (QED) is 0.742. The largest absolute Gasteiger partial charge is 0.331 e. The lowest BCUT2D eigenvalue weighted by Gasteiger charge is -2.36. The van der Waals surface area contributed by atoms with E-state index in [0.717, 1.165) is 60.9 Å². The maximum absolute atomic E-state index is 13.1. The Kier molecular flexibility index (Phi) is 5.71. The molecule has 2 N–H and O–H groups in total. The zero-order valence-electron chi connectivity index (χ0n) is 17.9. The van der Waals surface area contributed by atoms with Crippen molar-refractivity contribution in [1.29, 1.82) is 0 Å². The first kappa shape index (κ1) is 20.5. The van der Waals surface area contributed by atoms with Gasteiger partial charge in [-0.15, -0.1) is 0 Å². The molecule has 31 heavy (non-hydrogen) atoms. The second-order valence-corrected chi connectivity index (χ2v) is 9.16. The summed E-state index contributed by atoms with van der Waals surface area (Å²) in [5.74, 6) is 2.21. The molecule has 164 valence electrons. The van der Waals surface area contributed by atoms with Gasteiger partial charge in [-0.1, -0.05) is 24.1 Å². The summed E-state index contributed by atoms with van der Waals surface area (Å²) in [5, 5.41) is 7.09. The SMILES string of the molecule is Cc1c(Cl)cccc1NC(=O)C1CCCN(C2N=CNc3c2nc2n3CCCCC2)C1. The fraction of sp³-hybridized carbons (Fsp3) is 0.522. The molecule has 2 atom stereocenters. The van der Waals surface area contributed by atoms with Crippen LogP contribution < -0.4 is 10.6 Å². The van der Waals surface area contributed by atoms with E-state index in [1.54, 1.807) is 6.34 Å². The molecule has 8 heteroatoms. The monoisotopic (exact) mass is 440 g/mol. The van der Waals surface area contributed by atoms with E-state index >= 15 is 0 Å². The van der Waals surface area contributed by atoms with Crippen molar-refractivity contribution in [3.63, 3.8) is 0 Å². The lowest BCUT2D eigenvalue weighted by atomic mass is 9.96. The van der Waals surface area contributed by atoms with Gasteiger partial charge >= 0.3 is 0 Å². The van der Waals surface area contributed by atoms with Crippen LogP contribution in [0.15, 0.2) is 23.2 Å². The average molecular weight is 441 g/mol. The van der Waals surface area contributed by atoms with E-state index in [1.807, 2.05) is 25.1 Å². The van der Waals surface area contributed by atoms with Crippen molar-refractivity contribution in [1.82, 2.24) is 14.5 Å². The topological polar surface area (TPSA) is 74.6 Å². The summed E-state index contributed by atoms with van der Waals surface area (Å²) < 4.78 is 2.33. The zero-order valence-corrected chi connectivity index (χ0v) is 18.7. The number of amides is 1. The Morgan fingerprint density at radius 3 is 3.03 bits per heavy atom. The number of aryl methyl sites for hydroxylation is 1. The fourth-order valence-corrected chi connectivity index (χ4v) is 5.11. The molecule has 5 rings (SSSR count). The highest BCUT2D eigenvalue weighted by atomic mass is 35.5. The molecule has 4 heterocycles. The molecule has 0 aliphatic carbocycles. The summed E-state index contributed by atoms with van der Waals surface area (Å²) in [7, 11) is 0. The third-order valence-corrected chi connectivity index (χ3v) is 7.12. The van der Waals surface area contributed by atoms with E-state index in [1.165, 1.54) is 19.3 Å². The number of likely N-dealkylation sites (tertiary alicyclic amines) is 1. The van der Waals surface area contributed by atoms with Crippen LogP contribution in [0, 0.1) is 12.8 Å². The van der Waals surface area contributed by atoms with Crippen LogP contribution in [-0.2, 0) is 17.8 Å². The maximum atomic E-state index is 13.1. The number of rotatable bonds is 3. The van der Waals surface area contributed by atoms with Crippen LogP contribution in [0.3, 0.4) is 0 Å². The van der Waals surface area contributed by atoms with Gasteiger partial charge in [-0.3, -0.25) is 9.69 Å². The van der Waals surface area contributed by atoms with Crippen molar-refractivity contribution < 1.29 is 4.79 Å². The predicted octanol–water partition coefficient (Wildman–Crippen LogP) is 4.37. The summed E-state index contributed by atoms with van der Waals surface area (Å²) in [6.07, 6.45) is 8.17. The summed E-state index contributed by atoms with van der Waals surface area (Å²) in [6, 6.07) is 5.61. The van der Waals surface area contributed by atoms with Gasteiger partial charge in [0.15, 0.2) is 6.17 Å². The van der Waals surface area contributed by atoms with E-state index in [0.29, 0.717) is 11.6 Å². The average Bonchev–Trinajstić information content (AvgIpc) is 2.97. The molecule has 0 bridgehead atoms. The standard InChI is InChI=1S/C23H29ClN6O/c1-15-17(24)8-5-9-18(15)27-23(31)16-7-6-11-29(13-16)21-20-22(26-14-25-21)30-12-4-2-3-10-19(30)28-20/h5,8-9,14,16,21H,2-4,6-7,10-13H2,1H3,(H,25,26)(H,27,31). The van der Waals surface area contributed by atoms with Gasteiger partial charge in [-0.2, -0.15) is 0 Å². The molecule has 1 amide bonds. The van der Waals surface area contributed by atoms with Gasteiger partial charge in [0.1, 0.15) is 17.3 Å². The molecule has 1 fully saturated rings. The molecule has 2 unspecified atom stereocenters. The number of aromatic nitrogens is 2. The molecular formula is C23H29ClN6O. The number of anilines is 2. The van der Waals surface area contributed by atoms with Crippen LogP contribution in [0.5, 0.6) is 0 Å². The number of nitrogens with zero attached hydrogens (tertiary/aromatic N) is 4. The van der Waals surface area contributed by atoms with E-state index in [9.17, 15) is 4.79 Å². The third-order valence-electron chi connectivity index (χ3n) is 6.71. The number of fused-ring (bicyclic) bond motifs is 3. The fourth-order valence-electron chi connectivity index (χ4n) is 4.94. The van der Waals surface area contributed by atoms with Gasteiger partial charge in [-0.05, 0) is 50.3 Å². The molecule has 3 aliphatic heterocycles. The van der Waals surface area contributed by atoms with Crippen molar-refractivity contribution in [3.05, 3.63) is 40.3 Å². The van der Waals surface area contributed by atoms with Crippen LogP contribution in [0.4, 0.5) is 11.5 Å². The number of aliphatic imine (C=N–C) groups is 1. The van der Waals surface area contributed by atoms with Gasteiger partial charge in [0.25, 0.3) is 0 Å². The van der Waals surface area contributed by atoms with Crippen molar-refractivity contribution in [2.75, 3.05) is 23.7 Å². The normalized spacial score (nSPS) is 23.4. The Balaban J connectivity index is 1.33. The number of hydrogen-bond acceptors (Lipinski definition) is 5. The number of imidazole rings is 1. The van der Waals surface area contributed by atoms with Crippen molar-refractivity contribution in [3.8, 4) is 0 Å². The smallest absolute Gasteiger partial charge is 0.228 e. The number of benzene rings is 1. The van der Waals surface area contributed by atoms with Crippen molar-refractivity contribution in [2.45, 2.75) is 58.2 Å². The summed E-state index contributed by atoms with van der Waals surface area (Å²) in [5.41, 5.74) is 2.69. The summed E-state index contributed by atoms with van der Waals surface area (Å²) in [4.78, 5) is 25.1. The number of nitrogens with one attached hydrogen (secondary N) is 2. The molecule has 1 saturated heterocycles. The van der Waals surface area contributed by atoms with Gasteiger partial charge in [0.2, 0.25) is 5.91 Å². The van der Waals surface area contributed by atoms with Crippen LogP contribution in [0.1, 0.15) is 55.4 Å². The number of carbonyl (C=O) groups excluding carboxylic acids is 1. The first-order chi connectivity index (χ1) is 15.1. The second-order valence-electron chi connectivity index (χ2n) is 8.76. The molecule has 0 radical (unpaired) electrons. The van der Waals surface area contributed by atoms with Gasteiger partial charge in [-0.25, -0.2) is 9.98 Å². The van der Waals surface area contributed by atoms with Crippen LogP contribution >= 0.6 is 11.6 Å². The third kappa shape index (κ3) is 3.96. The number of hydrogen-bond donors (Lipinski definition) is 2. The Bertz CT molecular complexity index is 1020. The molecule has 0 saturated carbocycles. The molecular weight excluding hydrogens is 412 g/mol. The minimum atomic E-state index is -0.126. The van der Waals surface area contributed by atoms with Gasteiger partial charge in [0, 0.05) is 36.8 Å². The highest BCUT2D eigenvalue weighted by Gasteiger charge is 2.35. The minimum Gasteiger partial charge on any atom is -0.331 e. The maximum Gasteiger partial charge on any atom is 0.228 e. The molecule has 1 aromatic heterocycles. The Hall–Kier alpha value is -2.38. The summed E-state index contributed by atoms with van der Waals surface area (Å²) in [6.45, 7) is 4.53. The van der Waals surface area contributed by atoms with Crippen molar-refractivity contribution >= 4 is 35.4 Å². The van der Waals surface area contributed by atoms with Gasteiger partial charge < -0.3 is 15.2 Å². The first-order valence-electron chi connectivity index (χ1n) is 11.3. The lowest BCUT2D eigenvalue weighted by Crippen LogP contribution is -2.43. The van der Waals surface area contributed by atoms with Crippen molar-refractivity contribution in [2.24, 2.45) is 10.9 Å². The van der Waals surface area contributed by atoms with Gasteiger partial charge in [0.05, 0.1) is 12.3 Å². The molecule has 1 aromatic carbocycles.